The summed E-state index contributed by atoms with van der Waals surface area (Å²) in [5, 5.41) is 4.32. The Hall–Kier alpha value is -1.70. The molecule has 124 valence electrons. The molecule has 1 aromatic carbocycles. The zero-order valence-electron chi connectivity index (χ0n) is 13.4. The first-order chi connectivity index (χ1) is 11.0. The monoisotopic (exact) mass is 335 g/mol. The largest absolute Gasteiger partial charge is 0.376 e. The van der Waals surface area contributed by atoms with Crippen molar-refractivity contribution in [2.45, 2.75) is 38.3 Å². The molecule has 1 aliphatic rings. The third-order valence-corrected chi connectivity index (χ3v) is 5.63. The van der Waals surface area contributed by atoms with Crippen LogP contribution in [0.25, 0.3) is 0 Å². The van der Waals surface area contributed by atoms with Crippen LogP contribution >= 0.6 is 0 Å². The highest BCUT2D eigenvalue weighted by atomic mass is 32.2. The van der Waals surface area contributed by atoms with E-state index in [4.69, 9.17) is 4.74 Å². The summed E-state index contributed by atoms with van der Waals surface area (Å²) in [5.74, 6) is 0. The molecule has 23 heavy (non-hydrogen) atoms. The lowest BCUT2D eigenvalue weighted by Gasteiger charge is -2.15. The third kappa shape index (κ3) is 3.46. The quantitative estimate of drug-likeness (QED) is 0.900. The maximum Gasteiger partial charge on any atom is 0.240 e. The fraction of sp³-hybridized carbons (Fsp3) is 0.438. The number of benzene rings is 1. The maximum atomic E-state index is 12.4. The molecule has 0 fully saturated rings. The van der Waals surface area contributed by atoms with E-state index in [1.165, 1.54) is 0 Å². The second-order valence-electron chi connectivity index (χ2n) is 5.81. The van der Waals surface area contributed by atoms with Crippen LogP contribution in [0.2, 0.25) is 0 Å². The molecule has 0 bridgehead atoms. The fourth-order valence-electron chi connectivity index (χ4n) is 2.87. The van der Waals surface area contributed by atoms with Crippen LogP contribution in [0.3, 0.4) is 0 Å². The molecule has 0 amide bonds. The maximum absolute atomic E-state index is 12.4. The second kappa shape index (κ2) is 6.43. The van der Waals surface area contributed by atoms with Crippen LogP contribution in [0.4, 0.5) is 0 Å². The lowest BCUT2D eigenvalue weighted by Crippen LogP contribution is -2.29. The molecule has 1 N–H and O–H groups in total. The van der Waals surface area contributed by atoms with Gasteiger partial charge in [-0.25, -0.2) is 13.1 Å². The number of rotatable bonds is 5. The van der Waals surface area contributed by atoms with E-state index in [0.717, 1.165) is 28.8 Å². The van der Waals surface area contributed by atoms with Crippen molar-refractivity contribution < 1.29 is 13.2 Å². The van der Waals surface area contributed by atoms with Gasteiger partial charge in [0, 0.05) is 24.2 Å². The van der Waals surface area contributed by atoms with E-state index >= 15 is 0 Å². The van der Waals surface area contributed by atoms with Crippen LogP contribution in [-0.2, 0) is 34.3 Å². The van der Waals surface area contributed by atoms with Gasteiger partial charge in [0.05, 0.1) is 30.9 Å². The molecule has 0 saturated heterocycles. The van der Waals surface area contributed by atoms with Crippen LogP contribution in [0.15, 0.2) is 29.3 Å². The van der Waals surface area contributed by atoms with E-state index in [1.807, 2.05) is 30.7 Å². The molecule has 6 nitrogen and oxygen atoms in total. The van der Waals surface area contributed by atoms with Crippen molar-refractivity contribution in [2.75, 3.05) is 13.2 Å². The molecule has 2 aromatic rings. The molecule has 1 aliphatic heterocycles. The Kier molecular flexibility index (Phi) is 4.52. The Balaban J connectivity index is 1.67. The van der Waals surface area contributed by atoms with Gasteiger partial charge in [-0.15, -0.1) is 0 Å². The highest BCUT2D eigenvalue weighted by Crippen LogP contribution is 2.17. The summed E-state index contributed by atoms with van der Waals surface area (Å²) >= 11 is 0. The Morgan fingerprint density at radius 3 is 2.96 bits per heavy atom. The van der Waals surface area contributed by atoms with Crippen LogP contribution < -0.4 is 4.72 Å². The summed E-state index contributed by atoms with van der Waals surface area (Å²) in [5.41, 5.74) is 4.04. The van der Waals surface area contributed by atoms with Gasteiger partial charge in [-0.1, -0.05) is 17.7 Å². The van der Waals surface area contributed by atoms with Gasteiger partial charge >= 0.3 is 0 Å². The summed E-state index contributed by atoms with van der Waals surface area (Å²) in [6.45, 7) is 5.85. The molecular formula is C16H21N3O3S. The molecule has 0 atom stereocenters. The van der Waals surface area contributed by atoms with Gasteiger partial charge in [0.2, 0.25) is 10.0 Å². The topological polar surface area (TPSA) is 73.2 Å². The van der Waals surface area contributed by atoms with Crippen molar-refractivity contribution in [3.05, 3.63) is 46.8 Å². The second-order valence-corrected chi connectivity index (χ2v) is 7.54. The van der Waals surface area contributed by atoms with Crippen molar-refractivity contribution in [3.63, 3.8) is 0 Å². The minimum Gasteiger partial charge on any atom is -0.376 e. The number of nitrogens with zero attached hydrogens (tertiary/aromatic N) is 2. The first-order valence-corrected chi connectivity index (χ1v) is 9.14. The Morgan fingerprint density at radius 2 is 2.17 bits per heavy atom. The molecule has 3 rings (SSSR count). The normalized spacial score (nSPS) is 14.7. The fourth-order valence-corrected chi connectivity index (χ4v) is 4.11. The van der Waals surface area contributed by atoms with E-state index in [-0.39, 0.29) is 0 Å². The highest BCUT2D eigenvalue weighted by Gasteiger charge is 2.18. The Bertz CT molecular complexity index is 812. The molecule has 0 aliphatic carbocycles. The number of aromatic nitrogens is 2. The highest BCUT2D eigenvalue weighted by molar-refractivity contribution is 7.89. The molecule has 0 unspecified atom stereocenters. The van der Waals surface area contributed by atoms with Gasteiger partial charge < -0.3 is 4.74 Å². The summed E-state index contributed by atoms with van der Waals surface area (Å²) < 4.78 is 34.7. The van der Waals surface area contributed by atoms with Gasteiger partial charge in [-0.3, -0.25) is 4.68 Å². The molecular weight excluding hydrogens is 314 g/mol. The average molecular weight is 335 g/mol. The third-order valence-electron chi connectivity index (χ3n) is 4.01. The molecule has 2 heterocycles. The standard InChI is InChI=1S/C16H21N3O3S/c1-12-3-4-16(13(2)9-12)23(20,21)18-6-7-19-15-5-8-22-11-14(15)10-17-19/h3-4,9-10,18H,5-8,11H2,1-2H3. The molecule has 0 saturated carbocycles. The number of hydrogen-bond donors (Lipinski definition) is 1. The molecule has 0 radical (unpaired) electrons. The SMILES string of the molecule is Cc1ccc(S(=O)(=O)NCCn2ncc3c2CCOC3)c(C)c1. The average Bonchev–Trinajstić information content (AvgIpc) is 2.90. The number of ether oxygens (including phenoxy) is 1. The number of aryl methyl sites for hydroxylation is 2. The predicted molar refractivity (Wildman–Crippen MR) is 86.7 cm³/mol. The Labute approximate surface area is 136 Å². The van der Waals surface area contributed by atoms with Crippen molar-refractivity contribution in [1.82, 2.24) is 14.5 Å². The first kappa shape index (κ1) is 16.2. The number of sulfonamides is 1. The smallest absolute Gasteiger partial charge is 0.240 e. The van der Waals surface area contributed by atoms with Crippen LogP contribution in [0.5, 0.6) is 0 Å². The zero-order valence-corrected chi connectivity index (χ0v) is 14.2. The molecule has 7 heteroatoms. The van der Waals surface area contributed by atoms with Crippen molar-refractivity contribution in [2.24, 2.45) is 0 Å². The van der Waals surface area contributed by atoms with Gasteiger partial charge in [-0.2, -0.15) is 5.10 Å². The summed E-state index contributed by atoms with van der Waals surface area (Å²) in [6.07, 6.45) is 2.62. The lowest BCUT2D eigenvalue weighted by molar-refractivity contribution is 0.109. The zero-order chi connectivity index (χ0) is 16.4. The number of fused-ring (bicyclic) bond motifs is 1. The van der Waals surface area contributed by atoms with Gasteiger partial charge in [0.25, 0.3) is 0 Å². The molecule has 0 spiro atoms. The van der Waals surface area contributed by atoms with E-state index < -0.39 is 10.0 Å². The van der Waals surface area contributed by atoms with E-state index in [9.17, 15) is 8.42 Å². The number of nitrogens with one attached hydrogen (secondary N) is 1. The molecule has 1 aromatic heterocycles. The van der Waals surface area contributed by atoms with E-state index in [2.05, 4.69) is 9.82 Å². The van der Waals surface area contributed by atoms with Gasteiger partial charge in [0.1, 0.15) is 0 Å². The minimum absolute atomic E-state index is 0.310. The van der Waals surface area contributed by atoms with Crippen LogP contribution in [0, 0.1) is 13.8 Å². The van der Waals surface area contributed by atoms with Crippen molar-refractivity contribution in [1.29, 1.82) is 0 Å². The summed E-state index contributed by atoms with van der Waals surface area (Å²) in [4.78, 5) is 0.332. The lowest BCUT2D eigenvalue weighted by atomic mass is 10.2. The van der Waals surface area contributed by atoms with Crippen molar-refractivity contribution >= 4 is 10.0 Å². The minimum atomic E-state index is -3.50. The number of hydrogen-bond acceptors (Lipinski definition) is 4. The summed E-state index contributed by atoms with van der Waals surface area (Å²) in [7, 11) is -3.50. The van der Waals surface area contributed by atoms with Gasteiger partial charge in [-0.05, 0) is 25.5 Å². The van der Waals surface area contributed by atoms with Gasteiger partial charge in [0.15, 0.2) is 0 Å². The van der Waals surface area contributed by atoms with Crippen molar-refractivity contribution in [3.8, 4) is 0 Å². The first-order valence-electron chi connectivity index (χ1n) is 7.65. The van der Waals surface area contributed by atoms with E-state index in [0.29, 0.717) is 31.2 Å². The predicted octanol–water partition coefficient (Wildman–Crippen LogP) is 1.55. The summed E-state index contributed by atoms with van der Waals surface area (Å²) in [6, 6.07) is 5.34. The van der Waals surface area contributed by atoms with Crippen LogP contribution in [-0.4, -0.2) is 31.3 Å². The Morgan fingerprint density at radius 1 is 1.35 bits per heavy atom. The van der Waals surface area contributed by atoms with Crippen LogP contribution in [0.1, 0.15) is 22.4 Å². The van der Waals surface area contributed by atoms with E-state index in [1.54, 1.807) is 12.3 Å².